The molecule has 1 aliphatic heterocycles. The third-order valence-corrected chi connectivity index (χ3v) is 8.39. The highest BCUT2D eigenvalue weighted by atomic mass is 32.2. The molecule has 28 heavy (non-hydrogen) atoms. The van der Waals surface area contributed by atoms with Gasteiger partial charge < -0.3 is 15.3 Å². The van der Waals surface area contributed by atoms with E-state index in [1.165, 1.54) is 47.8 Å². The maximum absolute atomic E-state index is 12.6. The largest absolute Gasteiger partial charge is 0.389 e. The summed E-state index contributed by atoms with van der Waals surface area (Å²) in [4.78, 5) is 13.6. The van der Waals surface area contributed by atoms with Crippen LogP contribution in [-0.2, 0) is 9.84 Å². The number of sulfone groups is 1. The summed E-state index contributed by atoms with van der Waals surface area (Å²) >= 11 is 2.74. The first-order chi connectivity index (χ1) is 13.2. The Labute approximate surface area is 171 Å². The third-order valence-electron chi connectivity index (χ3n) is 4.37. The van der Waals surface area contributed by atoms with Crippen LogP contribution in [0.15, 0.2) is 58.3 Å². The molecule has 2 aromatic carbocycles. The average molecular weight is 441 g/mol. The van der Waals surface area contributed by atoms with Crippen molar-refractivity contribution in [1.82, 2.24) is 0 Å². The fraction of sp³-hybridized carbons (Fsp3) is 0.316. The van der Waals surface area contributed by atoms with Gasteiger partial charge in [0.05, 0.1) is 15.6 Å². The molecule has 0 unspecified atom stereocenters. The number of hydrogen-bond acceptors (Lipinski definition) is 8. The van der Waals surface area contributed by atoms with E-state index in [9.17, 15) is 28.5 Å². The van der Waals surface area contributed by atoms with Gasteiger partial charge in [0, 0.05) is 28.0 Å². The summed E-state index contributed by atoms with van der Waals surface area (Å²) in [6.07, 6.45) is -2.05. The Morgan fingerprint density at radius 3 is 2.04 bits per heavy atom. The molecule has 0 bridgehead atoms. The van der Waals surface area contributed by atoms with Gasteiger partial charge in [0.2, 0.25) is 0 Å². The number of aliphatic hydroxyl groups excluding tert-OH is 3. The molecular formula is C19H20O6S3. The molecule has 0 aromatic heterocycles. The minimum atomic E-state index is -3.31. The Morgan fingerprint density at radius 2 is 1.50 bits per heavy atom. The zero-order chi connectivity index (χ0) is 20.5. The number of ketones is 1. The lowest BCUT2D eigenvalue weighted by molar-refractivity contribution is -0.0474. The highest BCUT2D eigenvalue weighted by Gasteiger charge is 2.37. The van der Waals surface area contributed by atoms with Crippen LogP contribution in [0.3, 0.4) is 0 Å². The van der Waals surface area contributed by atoms with Crippen LogP contribution in [0.25, 0.3) is 0 Å². The van der Waals surface area contributed by atoms with Crippen LogP contribution in [0.5, 0.6) is 0 Å². The molecule has 1 saturated heterocycles. The first-order valence-corrected chi connectivity index (χ1v) is 12.3. The molecule has 3 rings (SSSR count). The summed E-state index contributed by atoms with van der Waals surface area (Å²) in [6.45, 7) is 0. The van der Waals surface area contributed by atoms with E-state index in [-0.39, 0.29) is 15.3 Å². The molecule has 1 heterocycles. The predicted molar refractivity (Wildman–Crippen MR) is 110 cm³/mol. The molecule has 2 aromatic rings. The summed E-state index contributed by atoms with van der Waals surface area (Å²) in [5.74, 6) is 0.123. The maximum atomic E-state index is 12.6. The van der Waals surface area contributed by atoms with Crippen LogP contribution in [0.4, 0.5) is 0 Å². The lowest BCUT2D eigenvalue weighted by Crippen LogP contribution is -2.47. The van der Waals surface area contributed by atoms with Gasteiger partial charge >= 0.3 is 0 Å². The third kappa shape index (κ3) is 4.79. The van der Waals surface area contributed by atoms with E-state index < -0.39 is 28.1 Å². The first-order valence-electron chi connectivity index (χ1n) is 8.44. The van der Waals surface area contributed by atoms with Crippen LogP contribution < -0.4 is 0 Å². The zero-order valence-electron chi connectivity index (χ0n) is 14.9. The van der Waals surface area contributed by atoms with Gasteiger partial charge in [-0.2, -0.15) is 0 Å². The lowest BCUT2D eigenvalue weighted by atomic mass is 10.0. The van der Waals surface area contributed by atoms with Gasteiger partial charge in [-0.15, -0.1) is 23.5 Å². The Kier molecular flexibility index (Phi) is 6.53. The normalized spacial score (nSPS) is 25.4. The van der Waals surface area contributed by atoms with Crippen molar-refractivity contribution in [2.24, 2.45) is 0 Å². The second-order valence-electron chi connectivity index (χ2n) is 6.52. The number of carbonyl (C=O) groups excluding carboxylic acids is 1. The second kappa shape index (κ2) is 8.56. The van der Waals surface area contributed by atoms with Gasteiger partial charge in [0.1, 0.15) is 12.2 Å². The van der Waals surface area contributed by atoms with Gasteiger partial charge in [-0.3, -0.25) is 4.79 Å². The molecule has 6 nitrogen and oxygen atoms in total. The van der Waals surface area contributed by atoms with E-state index >= 15 is 0 Å². The average Bonchev–Trinajstić information content (AvgIpc) is 2.68. The SMILES string of the molecule is CS(=O)(=O)c1ccc(C(=O)c2ccc(S[C@@H]3SC[C@@H](O)[C@H](O)[C@H]3O)cc2)cc1. The van der Waals surface area contributed by atoms with E-state index in [0.29, 0.717) is 16.9 Å². The van der Waals surface area contributed by atoms with Crippen molar-refractivity contribution in [3.8, 4) is 0 Å². The summed E-state index contributed by atoms with van der Waals surface area (Å²) < 4.78 is 22.7. The predicted octanol–water partition coefficient (Wildman–Crippen LogP) is 1.57. The van der Waals surface area contributed by atoms with Crippen molar-refractivity contribution in [1.29, 1.82) is 0 Å². The van der Waals surface area contributed by atoms with Crippen LogP contribution in [0.1, 0.15) is 15.9 Å². The topological polar surface area (TPSA) is 112 Å². The number of thioether (sulfide) groups is 2. The van der Waals surface area contributed by atoms with Gasteiger partial charge in [-0.25, -0.2) is 8.42 Å². The summed E-state index contributed by atoms with van der Waals surface area (Å²) in [5.41, 5.74) is 0.854. The number of benzene rings is 2. The standard InChI is InChI=1S/C19H20O6S3/c1-28(24,25)14-8-4-12(5-9-14)16(21)11-2-6-13(7-3-11)27-19-18(23)17(22)15(20)10-26-19/h2-9,15,17-20,22-23H,10H2,1H3/t15-,17+,18-,19+/m1/s1. The molecular weight excluding hydrogens is 420 g/mol. The molecule has 0 radical (unpaired) electrons. The molecule has 150 valence electrons. The highest BCUT2D eigenvalue weighted by molar-refractivity contribution is 8.17. The van der Waals surface area contributed by atoms with E-state index in [0.717, 1.165) is 11.2 Å². The Balaban J connectivity index is 1.69. The lowest BCUT2D eigenvalue weighted by Gasteiger charge is -2.34. The van der Waals surface area contributed by atoms with Crippen molar-refractivity contribution in [2.75, 3.05) is 12.0 Å². The number of carbonyl (C=O) groups is 1. The first kappa shape index (κ1) is 21.4. The quantitative estimate of drug-likeness (QED) is 0.601. The Bertz CT molecular complexity index is 941. The Morgan fingerprint density at radius 1 is 0.964 bits per heavy atom. The molecule has 4 atom stereocenters. The van der Waals surface area contributed by atoms with Gasteiger partial charge in [0.15, 0.2) is 15.6 Å². The fourth-order valence-electron chi connectivity index (χ4n) is 2.72. The zero-order valence-corrected chi connectivity index (χ0v) is 17.4. The summed E-state index contributed by atoms with van der Waals surface area (Å²) in [6, 6.07) is 12.6. The van der Waals surface area contributed by atoms with Crippen molar-refractivity contribution in [2.45, 2.75) is 32.7 Å². The summed E-state index contributed by atoms with van der Waals surface area (Å²) in [5, 5.41) is 29.5. The van der Waals surface area contributed by atoms with Crippen LogP contribution in [-0.4, -0.2) is 64.4 Å². The smallest absolute Gasteiger partial charge is 0.193 e. The molecule has 1 fully saturated rings. The monoisotopic (exact) mass is 440 g/mol. The second-order valence-corrected chi connectivity index (χ2v) is 11.2. The van der Waals surface area contributed by atoms with Gasteiger partial charge in [-0.05, 0) is 48.5 Å². The van der Waals surface area contributed by atoms with Crippen LogP contribution in [0.2, 0.25) is 0 Å². The van der Waals surface area contributed by atoms with Crippen molar-refractivity contribution in [3.63, 3.8) is 0 Å². The van der Waals surface area contributed by atoms with E-state index in [1.807, 2.05) is 0 Å². The molecule has 9 heteroatoms. The molecule has 3 N–H and O–H groups in total. The van der Waals surface area contributed by atoms with Crippen molar-refractivity contribution in [3.05, 3.63) is 59.7 Å². The van der Waals surface area contributed by atoms with Crippen molar-refractivity contribution >= 4 is 39.1 Å². The maximum Gasteiger partial charge on any atom is 0.193 e. The van der Waals surface area contributed by atoms with Gasteiger partial charge in [-0.1, -0.05) is 0 Å². The fourth-order valence-corrected chi connectivity index (χ4v) is 6.00. The number of aliphatic hydroxyl groups is 3. The molecule has 0 amide bonds. The molecule has 1 aliphatic rings. The van der Waals surface area contributed by atoms with E-state index in [2.05, 4.69) is 0 Å². The molecule has 0 saturated carbocycles. The highest BCUT2D eigenvalue weighted by Crippen LogP contribution is 2.38. The van der Waals surface area contributed by atoms with Crippen molar-refractivity contribution < 1.29 is 28.5 Å². The minimum Gasteiger partial charge on any atom is -0.389 e. The van der Waals surface area contributed by atoms with Gasteiger partial charge in [0.25, 0.3) is 0 Å². The van der Waals surface area contributed by atoms with Crippen LogP contribution in [0, 0.1) is 0 Å². The van der Waals surface area contributed by atoms with Crippen LogP contribution >= 0.6 is 23.5 Å². The molecule has 0 spiro atoms. The Hall–Kier alpha value is -1.36. The van der Waals surface area contributed by atoms with E-state index in [4.69, 9.17) is 0 Å². The van der Waals surface area contributed by atoms with E-state index in [1.54, 1.807) is 24.3 Å². The number of rotatable bonds is 5. The summed E-state index contributed by atoms with van der Waals surface area (Å²) in [7, 11) is -3.31. The molecule has 0 aliphatic carbocycles. The number of hydrogen-bond donors (Lipinski definition) is 3. The minimum absolute atomic E-state index is 0.159.